The average Bonchev–Trinajstić information content (AvgIpc) is 2.82. The first kappa shape index (κ1) is 30.1. The molecule has 0 unspecified atom stereocenters. The second kappa shape index (κ2) is 16.6. The third-order valence-electron chi connectivity index (χ3n) is 5.15. The lowest BCUT2D eigenvalue weighted by Crippen LogP contribution is -2.54. The molecule has 0 bridgehead atoms. The third kappa shape index (κ3) is 13.1. The first-order chi connectivity index (χ1) is 17.1. The first-order valence-corrected chi connectivity index (χ1v) is 11.7. The molecule has 36 heavy (non-hydrogen) atoms. The maximum atomic E-state index is 13.0. The number of aryl methyl sites for hydroxylation is 1. The van der Waals surface area contributed by atoms with Crippen LogP contribution in [0.3, 0.4) is 0 Å². The van der Waals surface area contributed by atoms with Gasteiger partial charge in [0, 0.05) is 25.0 Å². The zero-order valence-corrected chi connectivity index (χ0v) is 20.3. The topological polar surface area (TPSA) is 263 Å². The number of hydrogen-bond acceptors (Lipinski definition) is 7. The summed E-state index contributed by atoms with van der Waals surface area (Å²) in [5.41, 5.74) is 27.9. The highest BCUT2D eigenvalue weighted by Crippen LogP contribution is 2.08. The van der Waals surface area contributed by atoms with E-state index in [1.807, 2.05) is 12.1 Å². The quantitative estimate of drug-likeness (QED) is 0.0647. The molecule has 1 rings (SSSR count). The Morgan fingerprint density at radius 3 is 2.00 bits per heavy atom. The highest BCUT2D eigenvalue weighted by molar-refractivity contribution is 5.91. The molecule has 0 saturated carbocycles. The van der Waals surface area contributed by atoms with Crippen LogP contribution in [0.4, 0.5) is 0 Å². The number of carbonyl (C=O) groups excluding carboxylic acids is 2. The van der Waals surface area contributed by atoms with Gasteiger partial charge in [0.25, 0.3) is 0 Å². The van der Waals surface area contributed by atoms with E-state index in [0.29, 0.717) is 38.6 Å². The van der Waals surface area contributed by atoms with E-state index in [2.05, 4.69) is 25.6 Å². The average molecular weight is 507 g/mol. The van der Waals surface area contributed by atoms with Crippen LogP contribution >= 0.6 is 0 Å². The zero-order valence-electron chi connectivity index (χ0n) is 20.3. The Labute approximate surface area is 210 Å². The summed E-state index contributed by atoms with van der Waals surface area (Å²) in [5, 5.41) is 14.7. The van der Waals surface area contributed by atoms with Gasteiger partial charge in [0.05, 0.1) is 6.04 Å². The molecule has 0 aliphatic carbocycles. The standard InChI is InChI=1S/C22H38N10O4/c23-15(8-4-12-29-21(24)25)18(33)31-16(9-3-7-14-6-1-2-11-28-14)19(34)32-17(20(35)36)10-5-13-30-22(26)27/h1-2,6,11,15-17H,3-5,7-10,12-13,23H2,(H,31,33)(H,32,34)(H,35,36)(H4,24,25,29)(H4,26,27,30)/t15-,16-,17-/m1/s1. The summed E-state index contributed by atoms with van der Waals surface area (Å²) in [4.78, 5) is 49.2. The summed E-state index contributed by atoms with van der Waals surface area (Å²) in [6, 6.07) is 2.47. The van der Waals surface area contributed by atoms with Gasteiger partial charge in [-0.1, -0.05) is 6.07 Å². The van der Waals surface area contributed by atoms with Crippen molar-refractivity contribution in [1.82, 2.24) is 15.6 Å². The Morgan fingerprint density at radius 2 is 1.44 bits per heavy atom. The van der Waals surface area contributed by atoms with Crippen molar-refractivity contribution in [3.05, 3.63) is 30.1 Å². The smallest absolute Gasteiger partial charge is 0.326 e. The van der Waals surface area contributed by atoms with Crippen molar-refractivity contribution < 1.29 is 19.5 Å². The van der Waals surface area contributed by atoms with Gasteiger partial charge >= 0.3 is 5.97 Å². The van der Waals surface area contributed by atoms with Gasteiger partial charge in [-0.25, -0.2) is 4.79 Å². The van der Waals surface area contributed by atoms with Gasteiger partial charge in [0.1, 0.15) is 12.1 Å². The summed E-state index contributed by atoms with van der Waals surface area (Å²) < 4.78 is 0. The highest BCUT2D eigenvalue weighted by atomic mass is 16.4. The van der Waals surface area contributed by atoms with Crippen LogP contribution in [0.5, 0.6) is 0 Å². The van der Waals surface area contributed by atoms with E-state index in [4.69, 9.17) is 28.7 Å². The fourth-order valence-corrected chi connectivity index (χ4v) is 3.26. The van der Waals surface area contributed by atoms with E-state index >= 15 is 0 Å². The first-order valence-electron chi connectivity index (χ1n) is 11.7. The number of nitrogens with two attached hydrogens (primary N) is 5. The monoisotopic (exact) mass is 506 g/mol. The summed E-state index contributed by atoms with van der Waals surface area (Å²) in [5.74, 6) is -2.51. The van der Waals surface area contributed by atoms with E-state index in [9.17, 15) is 19.5 Å². The number of aromatic nitrogens is 1. The molecule has 0 fully saturated rings. The Morgan fingerprint density at radius 1 is 0.861 bits per heavy atom. The van der Waals surface area contributed by atoms with Crippen LogP contribution in [0.2, 0.25) is 0 Å². The van der Waals surface area contributed by atoms with Crippen LogP contribution in [0.15, 0.2) is 34.4 Å². The molecule has 0 saturated heterocycles. The van der Waals surface area contributed by atoms with Crippen molar-refractivity contribution in [1.29, 1.82) is 0 Å². The molecule has 3 atom stereocenters. The van der Waals surface area contributed by atoms with E-state index in [0.717, 1.165) is 5.69 Å². The number of rotatable bonds is 17. The molecule has 1 aromatic rings. The molecule has 1 aromatic heterocycles. The summed E-state index contributed by atoms with van der Waals surface area (Å²) >= 11 is 0. The van der Waals surface area contributed by atoms with Gasteiger partial charge in [-0.15, -0.1) is 0 Å². The molecule has 200 valence electrons. The molecular formula is C22H38N10O4. The van der Waals surface area contributed by atoms with Gasteiger partial charge < -0.3 is 44.4 Å². The van der Waals surface area contributed by atoms with E-state index in [1.54, 1.807) is 12.3 Å². The Hall–Kier alpha value is -3.94. The number of aliphatic imine (C=N–C) groups is 2. The molecule has 0 aliphatic rings. The third-order valence-corrected chi connectivity index (χ3v) is 5.15. The number of pyridine rings is 1. The summed E-state index contributed by atoms with van der Waals surface area (Å²) in [7, 11) is 0. The minimum atomic E-state index is -1.21. The fraction of sp³-hybridized carbons (Fsp3) is 0.545. The van der Waals surface area contributed by atoms with Crippen molar-refractivity contribution in [2.24, 2.45) is 38.7 Å². The van der Waals surface area contributed by atoms with Crippen LogP contribution < -0.4 is 39.3 Å². The SMILES string of the molecule is NC(N)=NCCC[C@@H](N)C(=O)N[C@H](CCCc1ccccn1)C(=O)N[C@H](CCCN=C(N)N)C(=O)O. The second-order valence-electron chi connectivity index (χ2n) is 8.18. The Kier molecular flexibility index (Phi) is 13.9. The predicted molar refractivity (Wildman–Crippen MR) is 136 cm³/mol. The van der Waals surface area contributed by atoms with Crippen LogP contribution in [0.25, 0.3) is 0 Å². The number of carboxylic acids is 1. The van der Waals surface area contributed by atoms with Crippen molar-refractivity contribution in [2.75, 3.05) is 13.1 Å². The lowest BCUT2D eigenvalue weighted by molar-refractivity contribution is -0.142. The van der Waals surface area contributed by atoms with Gasteiger partial charge in [0.2, 0.25) is 11.8 Å². The molecule has 0 aromatic carbocycles. The van der Waals surface area contributed by atoms with Crippen LogP contribution in [-0.2, 0) is 20.8 Å². The van der Waals surface area contributed by atoms with Gasteiger partial charge in [-0.2, -0.15) is 0 Å². The van der Waals surface area contributed by atoms with Crippen molar-refractivity contribution >= 4 is 29.7 Å². The molecular weight excluding hydrogens is 468 g/mol. The molecule has 0 spiro atoms. The summed E-state index contributed by atoms with van der Waals surface area (Å²) in [6.45, 7) is 0.540. The number of hydrogen-bond donors (Lipinski definition) is 8. The maximum absolute atomic E-state index is 13.0. The number of carboxylic acid groups (broad SMARTS) is 1. The second-order valence-corrected chi connectivity index (χ2v) is 8.18. The van der Waals surface area contributed by atoms with Gasteiger partial charge in [0.15, 0.2) is 11.9 Å². The minimum absolute atomic E-state index is 0.0519. The number of guanidine groups is 2. The van der Waals surface area contributed by atoms with Crippen LogP contribution in [0.1, 0.15) is 44.2 Å². The maximum Gasteiger partial charge on any atom is 0.326 e. The number of aliphatic carboxylic acids is 1. The van der Waals surface area contributed by atoms with Gasteiger partial charge in [-0.05, 0) is 57.1 Å². The van der Waals surface area contributed by atoms with E-state index in [-0.39, 0.29) is 31.3 Å². The Balaban J connectivity index is 2.79. The highest BCUT2D eigenvalue weighted by Gasteiger charge is 2.27. The van der Waals surface area contributed by atoms with Crippen LogP contribution in [0, 0.1) is 0 Å². The van der Waals surface area contributed by atoms with Gasteiger partial charge in [-0.3, -0.25) is 24.6 Å². The lowest BCUT2D eigenvalue weighted by atomic mass is 10.0. The number of nitrogens with zero attached hydrogens (tertiary/aromatic N) is 3. The predicted octanol–water partition coefficient (Wildman–Crippen LogP) is -2.11. The van der Waals surface area contributed by atoms with Crippen LogP contribution in [-0.4, -0.2) is 71.0 Å². The molecule has 14 heteroatoms. The molecule has 14 nitrogen and oxygen atoms in total. The largest absolute Gasteiger partial charge is 0.480 e. The summed E-state index contributed by atoms with van der Waals surface area (Å²) in [6.07, 6.45) is 4.25. The number of nitrogens with one attached hydrogen (secondary N) is 2. The Bertz CT molecular complexity index is 886. The van der Waals surface area contributed by atoms with Crippen molar-refractivity contribution in [2.45, 2.75) is 63.1 Å². The number of carbonyl (C=O) groups is 3. The normalized spacial score (nSPS) is 13.0. The molecule has 1 heterocycles. The van der Waals surface area contributed by atoms with Crippen molar-refractivity contribution in [3.63, 3.8) is 0 Å². The molecule has 0 aliphatic heterocycles. The minimum Gasteiger partial charge on any atom is -0.480 e. The molecule has 2 amide bonds. The molecule has 13 N–H and O–H groups in total. The van der Waals surface area contributed by atoms with Crippen molar-refractivity contribution in [3.8, 4) is 0 Å². The van der Waals surface area contributed by atoms with E-state index < -0.39 is 35.9 Å². The zero-order chi connectivity index (χ0) is 26.9. The number of amides is 2. The lowest BCUT2D eigenvalue weighted by Gasteiger charge is -2.23. The fourth-order valence-electron chi connectivity index (χ4n) is 3.26. The van der Waals surface area contributed by atoms with E-state index in [1.165, 1.54) is 0 Å². The molecule has 0 radical (unpaired) electrons.